The zero-order valence-electron chi connectivity index (χ0n) is 15.2. The van der Waals surface area contributed by atoms with E-state index in [9.17, 15) is 0 Å². The van der Waals surface area contributed by atoms with E-state index < -0.39 is 8.07 Å². The standard InChI is InChI=1S/C21H34Si/c1-5-6-7-8-9-10-11-12-13-20-14-16-21(17-15-20)18-19-22(2,3)4/h14-17H,5-13H2,1-4H3. The second-order valence-corrected chi connectivity index (χ2v) is 12.2. The molecule has 1 aromatic carbocycles. The number of aryl methyl sites for hydroxylation is 1. The Kier molecular flexibility index (Phi) is 9.24. The molecule has 0 unspecified atom stereocenters. The van der Waals surface area contributed by atoms with Crippen molar-refractivity contribution < 1.29 is 0 Å². The lowest BCUT2D eigenvalue weighted by atomic mass is 10.0. The van der Waals surface area contributed by atoms with Crippen LogP contribution in [-0.2, 0) is 6.42 Å². The maximum absolute atomic E-state index is 3.43. The van der Waals surface area contributed by atoms with E-state index in [-0.39, 0.29) is 0 Å². The van der Waals surface area contributed by atoms with Gasteiger partial charge in [0.15, 0.2) is 0 Å². The molecule has 0 radical (unpaired) electrons. The molecule has 0 nitrogen and oxygen atoms in total. The predicted octanol–water partition coefficient (Wildman–Crippen LogP) is 6.60. The van der Waals surface area contributed by atoms with E-state index in [1.807, 2.05) is 0 Å². The summed E-state index contributed by atoms with van der Waals surface area (Å²) in [6.45, 7) is 9.14. The summed E-state index contributed by atoms with van der Waals surface area (Å²) in [6.07, 6.45) is 12.4. The van der Waals surface area contributed by atoms with E-state index in [1.54, 1.807) is 0 Å². The van der Waals surface area contributed by atoms with Crippen LogP contribution in [0.4, 0.5) is 0 Å². The second-order valence-electron chi connectivity index (χ2n) is 7.42. The summed E-state index contributed by atoms with van der Waals surface area (Å²) < 4.78 is 0. The third kappa shape index (κ3) is 9.85. The van der Waals surface area contributed by atoms with Crippen molar-refractivity contribution in [2.24, 2.45) is 0 Å². The molecule has 22 heavy (non-hydrogen) atoms. The molecule has 1 aromatic rings. The molecule has 0 aliphatic heterocycles. The van der Waals surface area contributed by atoms with Crippen LogP contribution in [0.25, 0.3) is 0 Å². The zero-order valence-corrected chi connectivity index (χ0v) is 16.2. The molecule has 0 amide bonds. The average molecular weight is 315 g/mol. The van der Waals surface area contributed by atoms with Crippen LogP contribution in [0.5, 0.6) is 0 Å². The third-order valence-corrected chi connectivity index (χ3v) is 4.73. The Morgan fingerprint density at radius 3 is 1.86 bits per heavy atom. The van der Waals surface area contributed by atoms with Crippen molar-refractivity contribution >= 4 is 8.07 Å². The van der Waals surface area contributed by atoms with Gasteiger partial charge in [-0.1, -0.05) is 89.6 Å². The fourth-order valence-electron chi connectivity index (χ4n) is 2.48. The predicted molar refractivity (Wildman–Crippen MR) is 103 cm³/mol. The number of hydrogen-bond donors (Lipinski definition) is 0. The zero-order chi connectivity index (χ0) is 16.3. The fourth-order valence-corrected chi connectivity index (χ4v) is 3.00. The highest BCUT2D eigenvalue weighted by atomic mass is 28.3. The van der Waals surface area contributed by atoms with Gasteiger partial charge in [0.05, 0.1) is 0 Å². The molecule has 0 spiro atoms. The van der Waals surface area contributed by atoms with Crippen LogP contribution in [-0.4, -0.2) is 8.07 Å². The van der Waals surface area contributed by atoms with Crippen molar-refractivity contribution in [3.63, 3.8) is 0 Å². The smallest absolute Gasteiger partial charge is 0.127 e. The van der Waals surface area contributed by atoms with Gasteiger partial charge in [0.2, 0.25) is 0 Å². The van der Waals surface area contributed by atoms with Crippen LogP contribution >= 0.6 is 0 Å². The van der Waals surface area contributed by atoms with Crippen molar-refractivity contribution in [2.45, 2.75) is 84.4 Å². The fraction of sp³-hybridized carbons (Fsp3) is 0.619. The van der Waals surface area contributed by atoms with Gasteiger partial charge in [-0.15, -0.1) is 5.54 Å². The molecule has 0 N–H and O–H groups in total. The maximum atomic E-state index is 3.43. The van der Waals surface area contributed by atoms with Crippen molar-refractivity contribution in [1.82, 2.24) is 0 Å². The van der Waals surface area contributed by atoms with Crippen LogP contribution in [0.15, 0.2) is 24.3 Å². The molecule has 1 heteroatoms. The molecule has 0 aliphatic carbocycles. The first-order valence-electron chi connectivity index (χ1n) is 9.13. The molecule has 0 saturated heterocycles. The van der Waals surface area contributed by atoms with Gasteiger partial charge in [-0.2, -0.15) is 0 Å². The van der Waals surface area contributed by atoms with Gasteiger partial charge in [-0.05, 0) is 30.5 Å². The Labute approximate surface area is 139 Å². The van der Waals surface area contributed by atoms with Crippen LogP contribution in [0.3, 0.4) is 0 Å². The lowest BCUT2D eigenvalue weighted by Gasteiger charge is -2.04. The first kappa shape index (κ1) is 19.0. The molecule has 0 heterocycles. The normalized spacial score (nSPS) is 11.1. The number of rotatable bonds is 9. The van der Waals surface area contributed by atoms with Crippen LogP contribution in [0.2, 0.25) is 19.6 Å². The third-order valence-electron chi connectivity index (χ3n) is 3.85. The summed E-state index contributed by atoms with van der Waals surface area (Å²) in [5.74, 6) is 3.32. The highest BCUT2D eigenvalue weighted by Crippen LogP contribution is 2.12. The Balaban J connectivity index is 2.20. The van der Waals surface area contributed by atoms with Crippen molar-refractivity contribution in [3.8, 4) is 11.5 Å². The van der Waals surface area contributed by atoms with Gasteiger partial charge < -0.3 is 0 Å². The maximum Gasteiger partial charge on any atom is 0.129 e. The van der Waals surface area contributed by atoms with Crippen LogP contribution in [0.1, 0.15) is 69.4 Å². The van der Waals surface area contributed by atoms with Gasteiger partial charge in [-0.3, -0.25) is 0 Å². The minimum Gasteiger partial charge on any atom is -0.127 e. The van der Waals surface area contributed by atoms with Crippen molar-refractivity contribution in [3.05, 3.63) is 35.4 Å². The Morgan fingerprint density at radius 2 is 1.32 bits per heavy atom. The highest BCUT2D eigenvalue weighted by Gasteiger charge is 2.07. The lowest BCUT2D eigenvalue weighted by Crippen LogP contribution is -2.16. The molecule has 0 fully saturated rings. The van der Waals surface area contributed by atoms with Crippen molar-refractivity contribution in [2.75, 3.05) is 0 Å². The van der Waals surface area contributed by atoms with E-state index >= 15 is 0 Å². The summed E-state index contributed by atoms with van der Waals surface area (Å²) in [7, 11) is -1.26. The SMILES string of the molecule is CCCCCCCCCCc1ccc(C#C[Si](C)(C)C)cc1. The Morgan fingerprint density at radius 1 is 0.773 bits per heavy atom. The lowest BCUT2D eigenvalue weighted by molar-refractivity contribution is 0.575. The summed E-state index contributed by atoms with van der Waals surface area (Å²) in [5, 5.41) is 0. The number of unbranched alkanes of at least 4 members (excludes halogenated alkanes) is 7. The topological polar surface area (TPSA) is 0 Å². The van der Waals surface area contributed by atoms with Crippen LogP contribution in [0, 0.1) is 11.5 Å². The molecule has 0 atom stereocenters. The molecule has 122 valence electrons. The van der Waals surface area contributed by atoms with E-state index in [4.69, 9.17) is 0 Å². The largest absolute Gasteiger partial charge is 0.129 e. The summed E-state index contributed by atoms with van der Waals surface area (Å²) >= 11 is 0. The molecular weight excluding hydrogens is 280 g/mol. The second kappa shape index (κ2) is 10.7. The highest BCUT2D eigenvalue weighted by molar-refractivity contribution is 6.83. The monoisotopic (exact) mass is 314 g/mol. The summed E-state index contributed by atoms with van der Waals surface area (Å²) in [6, 6.07) is 8.89. The van der Waals surface area contributed by atoms with E-state index in [0.29, 0.717) is 0 Å². The quantitative estimate of drug-likeness (QED) is 0.274. The van der Waals surface area contributed by atoms with Crippen molar-refractivity contribution in [1.29, 1.82) is 0 Å². The Hall–Kier alpha value is -1.00. The first-order valence-corrected chi connectivity index (χ1v) is 12.6. The van der Waals surface area contributed by atoms with Gasteiger partial charge in [0, 0.05) is 5.56 Å². The van der Waals surface area contributed by atoms with E-state index in [2.05, 4.69) is 62.3 Å². The molecule has 0 bridgehead atoms. The number of benzene rings is 1. The molecule has 0 aromatic heterocycles. The van der Waals surface area contributed by atoms with Gasteiger partial charge in [-0.25, -0.2) is 0 Å². The molecule has 1 rings (SSSR count). The van der Waals surface area contributed by atoms with Crippen LogP contribution < -0.4 is 0 Å². The molecular formula is C21H34Si. The van der Waals surface area contributed by atoms with E-state index in [0.717, 1.165) is 0 Å². The van der Waals surface area contributed by atoms with Gasteiger partial charge in [0.1, 0.15) is 8.07 Å². The van der Waals surface area contributed by atoms with E-state index in [1.165, 1.54) is 68.9 Å². The average Bonchev–Trinajstić information content (AvgIpc) is 2.48. The molecule has 0 aliphatic rings. The minimum absolute atomic E-state index is 1.17. The van der Waals surface area contributed by atoms with Gasteiger partial charge in [0.25, 0.3) is 0 Å². The number of hydrogen-bond acceptors (Lipinski definition) is 0. The van der Waals surface area contributed by atoms with Gasteiger partial charge >= 0.3 is 0 Å². The summed E-state index contributed by atoms with van der Waals surface area (Å²) in [4.78, 5) is 0. The molecule has 0 saturated carbocycles. The minimum atomic E-state index is -1.26. The Bertz CT molecular complexity index is 453. The summed E-state index contributed by atoms with van der Waals surface area (Å²) in [5.41, 5.74) is 6.06. The first-order chi connectivity index (χ1) is 10.5.